The molecule has 2 aromatic rings. The Balaban J connectivity index is 2.19. The van der Waals surface area contributed by atoms with Crippen molar-refractivity contribution in [3.8, 4) is 5.75 Å². The minimum absolute atomic E-state index is 0.113. The summed E-state index contributed by atoms with van der Waals surface area (Å²) >= 11 is 5.74. The predicted octanol–water partition coefficient (Wildman–Crippen LogP) is 4.12. The van der Waals surface area contributed by atoms with Crippen LogP contribution in [-0.2, 0) is 15.7 Å². The molecule has 3 nitrogen and oxygen atoms in total. The van der Waals surface area contributed by atoms with Crippen LogP contribution in [0, 0.1) is 11.6 Å². The first-order chi connectivity index (χ1) is 9.79. The molecule has 0 aliphatic rings. The Morgan fingerprint density at radius 2 is 1.81 bits per heavy atom. The first kappa shape index (κ1) is 16.0. The monoisotopic (exact) mass is 352 g/mol. The summed E-state index contributed by atoms with van der Waals surface area (Å²) in [6.07, 6.45) is 0. The van der Waals surface area contributed by atoms with Gasteiger partial charge in [-0.3, -0.25) is 0 Å². The molecule has 0 atom stereocenters. The molecule has 21 heavy (non-hydrogen) atoms. The fraction of sp³-hybridized carbons (Fsp3) is 0.0769. The van der Waals surface area contributed by atoms with Crippen LogP contribution in [0.4, 0.5) is 8.78 Å². The van der Waals surface area contributed by atoms with Crippen molar-refractivity contribution in [3.05, 3.63) is 58.6 Å². The number of benzene rings is 2. The van der Waals surface area contributed by atoms with E-state index in [0.29, 0.717) is 5.56 Å². The Hall–Kier alpha value is -1.37. The van der Waals surface area contributed by atoms with E-state index < -0.39 is 20.7 Å². The van der Waals surface area contributed by atoms with E-state index in [1.165, 1.54) is 18.2 Å². The van der Waals surface area contributed by atoms with Crippen LogP contribution in [-0.4, -0.2) is 8.42 Å². The molecule has 0 saturated carbocycles. The van der Waals surface area contributed by atoms with Gasteiger partial charge in [0.25, 0.3) is 9.05 Å². The van der Waals surface area contributed by atoms with Crippen molar-refractivity contribution in [1.29, 1.82) is 0 Å². The maximum absolute atomic E-state index is 13.7. The number of hydrogen-bond donors (Lipinski definition) is 0. The molecule has 8 heteroatoms. The predicted molar refractivity (Wildman–Crippen MR) is 75.2 cm³/mol. The summed E-state index contributed by atoms with van der Waals surface area (Å²) in [4.78, 5) is -0.377. The van der Waals surface area contributed by atoms with Gasteiger partial charge < -0.3 is 4.74 Å². The van der Waals surface area contributed by atoms with Gasteiger partial charge in [-0.15, -0.1) is 0 Å². The van der Waals surface area contributed by atoms with Crippen LogP contribution in [0.5, 0.6) is 5.75 Å². The number of ether oxygens (including phenoxy) is 1. The fourth-order valence-electron chi connectivity index (χ4n) is 1.57. The number of halogens is 4. The van der Waals surface area contributed by atoms with Crippen molar-refractivity contribution < 1.29 is 21.9 Å². The molecule has 2 aromatic carbocycles. The molecule has 0 fully saturated rings. The lowest BCUT2D eigenvalue weighted by Gasteiger charge is -2.09. The highest BCUT2D eigenvalue weighted by molar-refractivity contribution is 8.13. The Morgan fingerprint density at radius 1 is 1.10 bits per heavy atom. The van der Waals surface area contributed by atoms with E-state index in [2.05, 4.69) is 0 Å². The quantitative estimate of drug-likeness (QED) is 0.777. The van der Waals surface area contributed by atoms with Gasteiger partial charge in [-0.2, -0.15) is 0 Å². The zero-order valence-corrected chi connectivity index (χ0v) is 12.6. The maximum atomic E-state index is 13.7. The zero-order valence-electron chi connectivity index (χ0n) is 10.3. The molecule has 0 aliphatic carbocycles. The van der Waals surface area contributed by atoms with E-state index in [9.17, 15) is 17.2 Å². The molecule has 0 spiro atoms. The molecule has 0 heterocycles. The molecule has 112 valence electrons. The van der Waals surface area contributed by atoms with E-state index in [4.69, 9.17) is 27.0 Å². The van der Waals surface area contributed by atoms with Crippen molar-refractivity contribution >= 4 is 31.3 Å². The normalized spacial score (nSPS) is 11.4. The lowest BCUT2D eigenvalue weighted by molar-refractivity contribution is 0.289. The van der Waals surface area contributed by atoms with Crippen molar-refractivity contribution in [2.45, 2.75) is 11.5 Å². The molecular weight excluding hydrogens is 345 g/mol. The summed E-state index contributed by atoms with van der Waals surface area (Å²) in [5.41, 5.74) is 0.338. The topological polar surface area (TPSA) is 43.4 Å². The van der Waals surface area contributed by atoms with Crippen molar-refractivity contribution in [2.24, 2.45) is 0 Å². The van der Waals surface area contributed by atoms with Crippen LogP contribution in [0.15, 0.2) is 41.3 Å². The second kappa shape index (κ2) is 6.17. The minimum atomic E-state index is -4.02. The first-order valence-corrected chi connectivity index (χ1v) is 8.27. The summed E-state index contributed by atoms with van der Waals surface area (Å²) in [5, 5.41) is -0.113. The molecule has 0 bridgehead atoms. The SMILES string of the molecule is O=S(=O)(Cl)c1ccc(OCc2cccc(F)c2Cl)c(F)c1. The van der Waals surface area contributed by atoms with Gasteiger partial charge >= 0.3 is 0 Å². The van der Waals surface area contributed by atoms with E-state index in [1.807, 2.05) is 0 Å². The van der Waals surface area contributed by atoms with E-state index in [0.717, 1.165) is 18.2 Å². The molecule has 0 unspecified atom stereocenters. The summed E-state index contributed by atoms with van der Waals surface area (Å²) in [7, 11) is 1.08. The highest BCUT2D eigenvalue weighted by Gasteiger charge is 2.14. The van der Waals surface area contributed by atoms with Crippen molar-refractivity contribution in [2.75, 3.05) is 0 Å². The second-order valence-electron chi connectivity index (χ2n) is 4.03. The highest BCUT2D eigenvalue weighted by Crippen LogP contribution is 2.26. The number of rotatable bonds is 4. The average Bonchev–Trinajstić information content (AvgIpc) is 2.40. The Morgan fingerprint density at radius 3 is 2.43 bits per heavy atom. The molecule has 0 aliphatic heterocycles. The lowest BCUT2D eigenvalue weighted by Crippen LogP contribution is -2.00. The minimum Gasteiger partial charge on any atom is -0.486 e. The molecule has 0 aromatic heterocycles. The fourth-order valence-corrected chi connectivity index (χ4v) is 2.51. The summed E-state index contributed by atoms with van der Waals surface area (Å²) in [6.45, 7) is -0.166. The molecular formula is C13H8Cl2F2O3S. The summed E-state index contributed by atoms with van der Waals surface area (Å²) in [5.74, 6) is -1.70. The van der Waals surface area contributed by atoms with Crippen molar-refractivity contribution in [3.63, 3.8) is 0 Å². The largest absolute Gasteiger partial charge is 0.486 e. The van der Waals surface area contributed by atoms with Gasteiger partial charge in [-0.25, -0.2) is 17.2 Å². The lowest BCUT2D eigenvalue weighted by atomic mass is 10.2. The van der Waals surface area contributed by atoms with Gasteiger partial charge in [-0.1, -0.05) is 23.7 Å². The number of hydrogen-bond acceptors (Lipinski definition) is 3. The Labute approximate surface area is 129 Å². The Bertz CT molecular complexity index is 779. The van der Waals surface area contributed by atoms with E-state index in [1.54, 1.807) is 0 Å². The van der Waals surface area contributed by atoms with E-state index in [-0.39, 0.29) is 22.3 Å². The van der Waals surface area contributed by atoms with E-state index >= 15 is 0 Å². The molecule has 0 amide bonds. The molecule has 0 saturated heterocycles. The van der Waals surface area contributed by atoms with Crippen LogP contribution in [0.1, 0.15) is 5.56 Å². The maximum Gasteiger partial charge on any atom is 0.261 e. The smallest absolute Gasteiger partial charge is 0.261 e. The van der Waals surface area contributed by atoms with Gasteiger partial charge in [0.1, 0.15) is 12.4 Å². The van der Waals surface area contributed by atoms with Gasteiger partial charge in [0.15, 0.2) is 11.6 Å². The molecule has 0 N–H and O–H groups in total. The summed E-state index contributed by atoms with van der Waals surface area (Å²) < 4.78 is 54.2. The van der Waals surface area contributed by atoms with Gasteiger partial charge in [0.05, 0.1) is 9.92 Å². The molecule has 2 rings (SSSR count). The zero-order chi connectivity index (χ0) is 15.6. The van der Waals surface area contributed by atoms with Crippen LogP contribution < -0.4 is 4.74 Å². The second-order valence-corrected chi connectivity index (χ2v) is 6.98. The standard InChI is InChI=1S/C13H8Cl2F2O3S/c14-13-8(2-1-3-10(13)16)7-20-12-5-4-9(6-11(12)17)21(15,18)19/h1-6H,7H2. The van der Waals surface area contributed by atoms with Crippen LogP contribution in [0.2, 0.25) is 5.02 Å². The third-order valence-electron chi connectivity index (χ3n) is 2.60. The van der Waals surface area contributed by atoms with Crippen LogP contribution >= 0.6 is 22.3 Å². The van der Waals surface area contributed by atoms with Gasteiger partial charge in [0.2, 0.25) is 0 Å². The molecule has 0 radical (unpaired) electrons. The third kappa shape index (κ3) is 3.84. The van der Waals surface area contributed by atoms with Crippen LogP contribution in [0.25, 0.3) is 0 Å². The van der Waals surface area contributed by atoms with Gasteiger partial charge in [0, 0.05) is 16.2 Å². The Kier molecular flexibility index (Phi) is 4.70. The van der Waals surface area contributed by atoms with Crippen molar-refractivity contribution in [1.82, 2.24) is 0 Å². The summed E-state index contributed by atoms with van der Waals surface area (Å²) in [6, 6.07) is 7.13. The first-order valence-electron chi connectivity index (χ1n) is 5.59. The third-order valence-corrected chi connectivity index (χ3v) is 4.37. The van der Waals surface area contributed by atoms with Crippen LogP contribution in [0.3, 0.4) is 0 Å². The highest BCUT2D eigenvalue weighted by atomic mass is 35.7. The average molecular weight is 353 g/mol. The van der Waals surface area contributed by atoms with Gasteiger partial charge in [-0.05, 0) is 24.3 Å².